The Hall–Kier alpha value is -2.04. The van der Waals surface area contributed by atoms with Gasteiger partial charge in [-0.1, -0.05) is 0 Å². The van der Waals surface area contributed by atoms with Gasteiger partial charge >= 0.3 is 0 Å². The molecule has 0 fully saturated rings. The van der Waals surface area contributed by atoms with Gasteiger partial charge in [0.15, 0.2) is 5.76 Å². The normalized spacial score (nSPS) is 12.4. The lowest BCUT2D eigenvalue weighted by Gasteiger charge is -2.10. The number of hydrogen-bond donors (Lipinski definition) is 1. The monoisotopic (exact) mass is 219 g/mol. The molecular weight excluding hydrogens is 206 g/mol. The molecule has 0 saturated heterocycles. The highest BCUT2D eigenvalue weighted by Crippen LogP contribution is 2.11. The van der Waals surface area contributed by atoms with Crippen LogP contribution in [0.1, 0.15) is 29.1 Å². The fraction of sp³-hybridized carbons (Fsp3) is 0.273. The largest absolute Gasteiger partial charge is 0.459 e. The van der Waals surface area contributed by atoms with Crippen LogP contribution >= 0.6 is 0 Å². The molecule has 1 unspecified atom stereocenters. The molecule has 1 amide bonds. The average Bonchev–Trinajstić information content (AvgIpc) is 2.87. The maximum atomic E-state index is 11.7. The third kappa shape index (κ3) is 2.13. The molecule has 5 nitrogen and oxygen atoms in total. The number of furan rings is 1. The zero-order valence-electron chi connectivity index (χ0n) is 9.18. The molecule has 0 aliphatic carbocycles. The van der Waals surface area contributed by atoms with E-state index in [1.54, 1.807) is 23.0 Å². The van der Waals surface area contributed by atoms with Crippen LogP contribution in [0.25, 0.3) is 0 Å². The molecule has 2 heterocycles. The van der Waals surface area contributed by atoms with Crippen molar-refractivity contribution in [2.24, 2.45) is 7.05 Å². The van der Waals surface area contributed by atoms with Crippen LogP contribution in [-0.4, -0.2) is 15.7 Å². The molecule has 16 heavy (non-hydrogen) atoms. The van der Waals surface area contributed by atoms with E-state index in [9.17, 15) is 4.79 Å². The second-order valence-corrected chi connectivity index (χ2v) is 3.62. The first-order valence-corrected chi connectivity index (χ1v) is 4.99. The van der Waals surface area contributed by atoms with Crippen molar-refractivity contribution in [3.63, 3.8) is 0 Å². The van der Waals surface area contributed by atoms with Gasteiger partial charge in [-0.3, -0.25) is 9.48 Å². The van der Waals surface area contributed by atoms with Gasteiger partial charge in [0.05, 0.1) is 18.5 Å². The van der Waals surface area contributed by atoms with E-state index in [0.717, 1.165) is 5.56 Å². The standard InChI is InChI=1S/C11H13N3O2/c1-8(9-6-12-14(2)7-9)13-11(15)10-4-3-5-16-10/h3-8H,1-2H3,(H,13,15). The summed E-state index contributed by atoms with van der Waals surface area (Å²) in [6, 6.07) is 3.22. The van der Waals surface area contributed by atoms with Gasteiger partial charge in [-0.2, -0.15) is 5.10 Å². The highest BCUT2D eigenvalue weighted by molar-refractivity contribution is 5.91. The number of aryl methyl sites for hydroxylation is 1. The summed E-state index contributed by atoms with van der Waals surface area (Å²) in [5, 5.41) is 6.88. The summed E-state index contributed by atoms with van der Waals surface area (Å²) >= 11 is 0. The minimum atomic E-state index is -0.221. The summed E-state index contributed by atoms with van der Waals surface area (Å²) < 4.78 is 6.70. The molecule has 1 atom stereocenters. The Balaban J connectivity index is 2.03. The maximum Gasteiger partial charge on any atom is 0.287 e. The Morgan fingerprint density at radius 2 is 2.44 bits per heavy atom. The smallest absolute Gasteiger partial charge is 0.287 e. The minimum Gasteiger partial charge on any atom is -0.459 e. The lowest BCUT2D eigenvalue weighted by atomic mass is 10.2. The van der Waals surface area contributed by atoms with Crippen LogP contribution in [-0.2, 0) is 7.05 Å². The second-order valence-electron chi connectivity index (χ2n) is 3.62. The highest BCUT2D eigenvalue weighted by Gasteiger charge is 2.14. The van der Waals surface area contributed by atoms with E-state index in [4.69, 9.17) is 4.42 Å². The van der Waals surface area contributed by atoms with Gasteiger partial charge in [0.2, 0.25) is 0 Å². The van der Waals surface area contributed by atoms with Crippen LogP contribution in [0, 0.1) is 0 Å². The summed E-state index contributed by atoms with van der Waals surface area (Å²) in [6.45, 7) is 1.90. The molecule has 0 aliphatic heterocycles. The Kier molecular flexibility index (Phi) is 2.76. The Morgan fingerprint density at radius 3 is 3.00 bits per heavy atom. The van der Waals surface area contributed by atoms with Crippen LogP contribution in [0.5, 0.6) is 0 Å². The molecule has 5 heteroatoms. The predicted molar refractivity (Wildman–Crippen MR) is 57.8 cm³/mol. The molecule has 84 valence electrons. The Labute approximate surface area is 93.1 Å². The summed E-state index contributed by atoms with van der Waals surface area (Å²) in [6.07, 6.45) is 5.07. The average molecular weight is 219 g/mol. The van der Waals surface area contributed by atoms with E-state index >= 15 is 0 Å². The van der Waals surface area contributed by atoms with Crippen molar-refractivity contribution in [1.82, 2.24) is 15.1 Å². The van der Waals surface area contributed by atoms with Crippen molar-refractivity contribution in [2.45, 2.75) is 13.0 Å². The highest BCUT2D eigenvalue weighted by atomic mass is 16.3. The van der Waals surface area contributed by atoms with Crippen molar-refractivity contribution >= 4 is 5.91 Å². The van der Waals surface area contributed by atoms with Crippen LogP contribution in [0.15, 0.2) is 35.2 Å². The number of aromatic nitrogens is 2. The molecule has 2 aromatic rings. The fourth-order valence-electron chi connectivity index (χ4n) is 1.42. The number of carbonyl (C=O) groups excluding carboxylic acids is 1. The lowest BCUT2D eigenvalue weighted by molar-refractivity contribution is 0.0912. The molecule has 0 radical (unpaired) electrons. The van der Waals surface area contributed by atoms with Gasteiger partial charge < -0.3 is 9.73 Å². The number of nitrogens with zero attached hydrogens (tertiary/aromatic N) is 2. The summed E-state index contributed by atoms with van der Waals surface area (Å²) in [7, 11) is 1.84. The maximum absolute atomic E-state index is 11.7. The first kappa shape index (κ1) is 10.5. The van der Waals surface area contributed by atoms with Gasteiger partial charge in [-0.15, -0.1) is 0 Å². The third-order valence-corrected chi connectivity index (χ3v) is 2.32. The molecule has 0 aliphatic rings. The first-order chi connectivity index (χ1) is 7.66. The Bertz CT molecular complexity index is 473. The second kappa shape index (κ2) is 4.22. The summed E-state index contributed by atoms with van der Waals surface area (Å²) in [5.41, 5.74) is 0.961. The minimum absolute atomic E-state index is 0.0914. The van der Waals surface area contributed by atoms with E-state index in [-0.39, 0.29) is 11.9 Å². The molecule has 2 aromatic heterocycles. The fourth-order valence-corrected chi connectivity index (χ4v) is 1.42. The molecule has 2 rings (SSSR count). The van der Waals surface area contributed by atoms with Gasteiger partial charge in [-0.25, -0.2) is 0 Å². The summed E-state index contributed by atoms with van der Waals surface area (Å²) in [5.74, 6) is 0.0945. The molecule has 0 spiro atoms. The lowest BCUT2D eigenvalue weighted by Crippen LogP contribution is -2.25. The quantitative estimate of drug-likeness (QED) is 0.851. The topological polar surface area (TPSA) is 60.1 Å². The number of amides is 1. The summed E-state index contributed by atoms with van der Waals surface area (Å²) in [4.78, 5) is 11.7. The number of carbonyl (C=O) groups is 1. The number of hydrogen-bond acceptors (Lipinski definition) is 3. The third-order valence-electron chi connectivity index (χ3n) is 2.32. The predicted octanol–water partition coefficient (Wildman–Crippen LogP) is 1.50. The van der Waals surface area contributed by atoms with Crippen molar-refractivity contribution in [1.29, 1.82) is 0 Å². The molecule has 0 saturated carbocycles. The van der Waals surface area contributed by atoms with Crippen LogP contribution in [0.4, 0.5) is 0 Å². The van der Waals surface area contributed by atoms with Crippen LogP contribution in [0.2, 0.25) is 0 Å². The van der Waals surface area contributed by atoms with Crippen molar-refractivity contribution in [3.8, 4) is 0 Å². The van der Waals surface area contributed by atoms with E-state index in [0.29, 0.717) is 5.76 Å². The molecule has 0 bridgehead atoms. The Morgan fingerprint density at radius 1 is 1.62 bits per heavy atom. The SMILES string of the molecule is CC(NC(=O)c1ccco1)c1cnn(C)c1. The van der Waals surface area contributed by atoms with E-state index < -0.39 is 0 Å². The molecule has 1 N–H and O–H groups in total. The van der Waals surface area contributed by atoms with Crippen molar-refractivity contribution in [2.75, 3.05) is 0 Å². The van der Waals surface area contributed by atoms with Crippen molar-refractivity contribution < 1.29 is 9.21 Å². The van der Waals surface area contributed by atoms with Gasteiger partial charge in [-0.05, 0) is 19.1 Å². The van der Waals surface area contributed by atoms with Gasteiger partial charge in [0.25, 0.3) is 5.91 Å². The zero-order chi connectivity index (χ0) is 11.5. The van der Waals surface area contributed by atoms with Crippen LogP contribution < -0.4 is 5.32 Å². The van der Waals surface area contributed by atoms with Crippen molar-refractivity contribution in [3.05, 3.63) is 42.1 Å². The number of rotatable bonds is 3. The van der Waals surface area contributed by atoms with E-state index in [2.05, 4.69) is 10.4 Å². The first-order valence-electron chi connectivity index (χ1n) is 4.99. The van der Waals surface area contributed by atoms with Crippen LogP contribution in [0.3, 0.4) is 0 Å². The van der Waals surface area contributed by atoms with E-state index in [1.807, 2.05) is 20.2 Å². The molecule has 0 aromatic carbocycles. The number of nitrogens with one attached hydrogen (secondary N) is 1. The zero-order valence-corrected chi connectivity index (χ0v) is 9.18. The van der Waals surface area contributed by atoms with Gasteiger partial charge in [0, 0.05) is 18.8 Å². The van der Waals surface area contributed by atoms with E-state index in [1.165, 1.54) is 6.26 Å². The van der Waals surface area contributed by atoms with Gasteiger partial charge in [0.1, 0.15) is 0 Å². The molecular formula is C11H13N3O2.